The van der Waals surface area contributed by atoms with Gasteiger partial charge in [-0.1, -0.05) is 11.6 Å². The number of nitrogens with zero attached hydrogens (tertiary/aromatic N) is 3. The van der Waals surface area contributed by atoms with Gasteiger partial charge in [-0.3, -0.25) is 9.36 Å². The summed E-state index contributed by atoms with van der Waals surface area (Å²) >= 11 is 6.58. The van der Waals surface area contributed by atoms with Crippen LogP contribution in [0.3, 0.4) is 0 Å². The lowest BCUT2D eigenvalue weighted by atomic mass is 9.84. The highest BCUT2D eigenvalue weighted by atomic mass is 35.5. The summed E-state index contributed by atoms with van der Waals surface area (Å²) < 4.78 is 41.3. The highest BCUT2D eigenvalue weighted by molar-refractivity contribution is 6.33. The number of alkyl carbamates (subject to hydrolysis) is 1. The fraction of sp³-hybridized carbons (Fsp3) is 0.357. The SMILES string of the molecule is COc1ccc(-n2c(-c3ccc(C#N)c(F)c3)nc(Cl)c2C(=O)[C@@]2(NC(=O)OC(C)(C)C)CCCNC2)cc1F. The molecule has 12 heteroatoms. The number of nitriles is 1. The summed E-state index contributed by atoms with van der Waals surface area (Å²) in [5, 5.41) is 14.8. The largest absolute Gasteiger partial charge is 0.494 e. The molecule has 210 valence electrons. The summed E-state index contributed by atoms with van der Waals surface area (Å²) in [6, 6.07) is 9.54. The Morgan fingerprint density at radius 3 is 2.52 bits per heavy atom. The second kappa shape index (κ2) is 11.2. The number of halogens is 3. The van der Waals surface area contributed by atoms with Crippen LogP contribution in [0.15, 0.2) is 36.4 Å². The van der Waals surface area contributed by atoms with Gasteiger partial charge in [0.15, 0.2) is 16.7 Å². The minimum absolute atomic E-state index is 0.0255. The van der Waals surface area contributed by atoms with Crippen LogP contribution in [0, 0.1) is 23.0 Å². The van der Waals surface area contributed by atoms with Crippen molar-refractivity contribution in [3.05, 3.63) is 64.4 Å². The maximum absolute atomic E-state index is 14.9. The average Bonchev–Trinajstić information content (AvgIpc) is 3.24. The number of hydrogen-bond donors (Lipinski definition) is 2. The van der Waals surface area contributed by atoms with Gasteiger partial charge in [0.05, 0.1) is 18.4 Å². The van der Waals surface area contributed by atoms with Crippen LogP contribution in [0.4, 0.5) is 13.6 Å². The molecule has 0 aliphatic carbocycles. The van der Waals surface area contributed by atoms with E-state index in [-0.39, 0.29) is 52.2 Å². The van der Waals surface area contributed by atoms with E-state index in [4.69, 9.17) is 26.3 Å². The molecule has 1 atom stereocenters. The molecule has 1 saturated heterocycles. The first-order valence-electron chi connectivity index (χ1n) is 12.5. The molecule has 0 spiro atoms. The number of carbonyl (C=O) groups is 2. The van der Waals surface area contributed by atoms with Crippen molar-refractivity contribution in [2.24, 2.45) is 0 Å². The zero-order chi connectivity index (χ0) is 29.2. The fourth-order valence-electron chi connectivity index (χ4n) is 4.56. The number of benzene rings is 2. The van der Waals surface area contributed by atoms with Crippen molar-refractivity contribution in [2.45, 2.75) is 44.8 Å². The molecule has 2 aromatic carbocycles. The Kier molecular flexibility index (Phi) is 8.14. The predicted octanol–water partition coefficient (Wildman–Crippen LogP) is 5.18. The monoisotopic (exact) mass is 571 g/mol. The average molecular weight is 572 g/mol. The molecule has 9 nitrogen and oxygen atoms in total. The van der Waals surface area contributed by atoms with Crippen molar-refractivity contribution >= 4 is 23.5 Å². The van der Waals surface area contributed by atoms with Gasteiger partial charge in [-0.25, -0.2) is 18.6 Å². The van der Waals surface area contributed by atoms with E-state index < -0.39 is 34.7 Å². The number of methoxy groups -OCH3 is 1. The summed E-state index contributed by atoms with van der Waals surface area (Å²) in [5.74, 6) is -2.13. The van der Waals surface area contributed by atoms with Crippen LogP contribution in [0.5, 0.6) is 5.75 Å². The number of ketones is 1. The van der Waals surface area contributed by atoms with Crippen LogP contribution in [0.1, 0.15) is 49.7 Å². The predicted molar refractivity (Wildman–Crippen MR) is 144 cm³/mol. The highest BCUT2D eigenvalue weighted by Crippen LogP contribution is 2.35. The third-order valence-corrected chi connectivity index (χ3v) is 6.61. The maximum atomic E-state index is 14.9. The molecule has 0 bridgehead atoms. The number of amides is 1. The number of rotatable bonds is 6. The lowest BCUT2D eigenvalue weighted by Gasteiger charge is -2.37. The van der Waals surface area contributed by atoms with Gasteiger partial charge in [0.25, 0.3) is 0 Å². The van der Waals surface area contributed by atoms with Crippen LogP contribution in [-0.2, 0) is 4.74 Å². The first-order valence-corrected chi connectivity index (χ1v) is 12.9. The molecule has 0 radical (unpaired) electrons. The molecule has 1 aromatic heterocycles. The van der Waals surface area contributed by atoms with Gasteiger partial charge in [0, 0.05) is 18.2 Å². The lowest BCUT2D eigenvalue weighted by Crippen LogP contribution is -2.63. The van der Waals surface area contributed by atoms with Gasteiger partial charge in [0.2, 0.25) is 5.78 Å². The normalized spacial score (nSPS) is 17.1. The standard InChI is InChI=1S/C28H28ClF2N5O4/c1-27(2,3)40-26(38)35-28(10-5-11-33-15-28)23(37)22-24(29)34-25(16-6-7-17(14-32)19(30)12-16)36(22)18-8-9-21(39-4)20(31)13-18/h6-9,12-13,33H,5,10-11,15H2,1-4H3,(H,35,38)/t28-/m1/s1. The van der Waals surface area contributed by atoms with Crippen molar-refractivity contribution in [1.29, 1.82) is 5.26 Å². The molecule has 3 aromatic rings. The molecule has 0 saturated carbocycles. The number of hydrogen-bond acceptors (Lipinski definition) is 7. The third kappa shape index (κ3) is 5.78. The number of nitrogens with one attached hydrogen (secondary N) is 2. The van der Waals surface area contributed by atoms with Gasteiger partial charge in [0.1, 0.15) is 34.5 Å². The van der Waals surface area contributed by atoms with Crippen LogP contribution >= 0.6 is 11.6 Å². The number of ether oxygens (including phenoxy) is 2. The van der Waals surface area contributed by atoms with Crippen molar-refractivity contribution < 1.29 is 27.8 Å². The van der Waals surface area contributed by atoms with E-state index in [2.05, 4.69) is 15.6 Å². The van der Waals surface area contributed by atoms with Crippen molar-refractivity contribution in [1.82, 2.24) is 20.2 Å². The Balaban J connectivity index is 1.92. The van der Waals surface area contributed by atoms with Gasteiger partial charge < -0.3 is 20.1 Å². The number of imidazole rings is 1. The Hall–Kier alpha value is -4.01. The van der Waals surface area contributed by atoms with E-state index in [0.717, 1.165) is 12.1 Å². The Bertz CT molecular complexity index is 1500. The minimum Gasteiger partial charge on any atom is -0.494 e. The number of carbonyl (C=O) groups excluding carboxylic acids is 2. The van der Waals surface area contributed by atoms with Gasteiger partial charge in [-0.15, -0.1) is 0 Å². The van der Waals surface area contributed by atoms with Crippen molar-refractivity contribution in [2.75, 3.05) is 20.2 Å². The zero-order valence-electron chi connectivity index (χ0n) is 22.4. The third-order valence-electron chi connectivity index (χ3n) is 6.35. The molecule has 4 rings (SSSR count). The van der Waals surface area contributed by atoms with E-state index in [9.17, 15) is 18.4 Å². The number of Topliss-reactive ketones (excluding diaryl/α,β-unsaturated/α-hetero) is 1. The molecular formula is C28H28ClF2N5O4. The molecule has 2 N–H and O–H groups in total. The smallest absolute Gasteiger partial charge is 0.408 e. The molecule has 1 aliphatic heterocycles. The van der Waals surface area contributed by atoms with E-state index >= 15 is 0 Å². The Morgan fingerprint density at radius 1 is 1.20 bits per heavy atom. The van der Waals surface area contributed by atoms with E-state index in [0.29, 0.717) is 13.0 Å². The fourth-order valence-corrected chi connectivity index (χ4v) is 4.81. The number of piperidine rings is 1. The highest BCUT2D eigenvalue weighted by Gasteiger charge is 2.45. The van der Waals surface area contributed by atoms with E-state index in [1.807, 2.05) is 0 Å². The Morgan fingerprint density at radius 2 is 1.95 bits per heavy atom. The first-order chi connectivity index (χ1) is 18.9. The molecule has 40 heavy (non-hydrogen) atoms. The van der Waals surface area contributed by atoms with Crippen molar-refractivity contribution in [3.8, 4) is 28.9 Å². The molecule has 2 heterocycles. The Labute approximate surface area is 235 Å². The number of aromatic nitrogens is 2. The van der Waals surface area contributed by atoms with E-state index in [1.165, 1.54) is 35.9 Å². The maximum Gasteiger partial charge on any atom is 0.408 e. The lowest BCUT2D eigenvalue weighted by molar-refractivity contribution is 0.0410. The van der Waals surface area contributed by atoms with Gasteiger partial charge in [-0.05, 0) is 70.5 Å². The van der Waals surface area contributed by atoms with Gasteiger partial charge in [-0.2, -0.15) is 5.26 Å². The summed E-state index contributed by atoms with van der Waals surface area (Å²) in [7, 11) is 1.31. The molecule has 1 amide bonds. The molecule has 1 aliphatic rings. The topological polar surface area (TPSA) is 118 Å². The van der Waals surface area contributed by atoms with Gasteiger partial charge >= 0.3 is 6.09 Å². The van der Waals surface area contributed by atoms with Crippen LogP contribution in [0.2, 0.25) is 5.15 Å². The summed E-state index contributed by atoms with van der Waals surface area (Å²) in [5.41, 5.74) is -2.29. The first kappa shape index (κ1) is 29.0. The summed E-state index contributed by atoms with van der Waals surface area (Å²) in [4.78, 5) is 31.6. The molecule has 1 fully saturated rings. The molecular weight excluding hydrogens is 544 g/mol. The summed E-state index contributed by atoms with van der Waals surface area (Å²) in [6.07, 6.45) is 0.0202. The van der Waals surface area contributed by atoms with Crippen molar-refractivity contribution in [3.63, 3.8) is 0 Å². The zero-order valence-corrected chi connectivity index (χ0v) is 23.2. The van der Waals surface area contributed by atoms with Crippen LogP contribution in [0.25, 0.3) is 17.1 Å². The second-order valence-corrected chi connectivity index (χ2v) is 10.7. The summed E-state index contributed by atoms with van der Waals surface area (Å²) in [6.45, 7) is 5.80. The second-order valence-electron chi connectivity index (χ2n) is 10.4. The van der Waals surface area contributed by atoms with Crippen LogP contribution < -0.4 is 15.4 Å². The quantitative estimate of drug-likeness (QED) is 0.391. The van der Waals surface area contributed by atoms with Crippen LogP contribution in [-0.4, -0.2) is 52.8 Å². The van der Waals surface area contributed by atoms with E-state index in [1.54, 1.807) is 26.8 Å². The minimum atomic E-state index is -1.47. The molecule has 0 unspecified atom stereocenters.